The number of nitrogens with one attached hydrogen (secondary N) is 2. The Balaban J connectivity index is 2.49. The number of nitrogens with zero attached hydrogens (tertiary/aromatic N) is 2. The normalized spacial score (nSPS) is 11.1. The van der Waals surface area contributed by atoms with Crippen molar-refractivity contribution in [3.05, 3.63) is 12.4 Å². The molecule has 0 amide bonds. The molecule has 76 valence electrons. The van der Waals surface area contributed by atoms with Crippen molar-refractivity contribution in [3.63, 3.8) is 0 Å². The lowest BCUT2D eigenvalue weighted by molar-refractivity contribution is 0.579. The standard InChI is InChI=1S/C7H10N4O2S/c8-3-1-2-4-11-14(12,13)7-5-9-10-6-7/h5-6,11H,1-2,4H2,(H,9,10). The molecule has 6 nitrogen and oxygen atoms in total. The van der Waals surface area contributed by atoms with Crippen LogP contribution in [-0.2, 0) is 10.0 Å². The molecule has 1 aromatic heterocycles. The summed E-state index contributed by atoms with van der Waals surface area (Å²) >= 11 is 0. The van der Waals surface area contributed by atoms with Crippen LogP contribution >= 0.6 is 0 Å². The van der Waals surface area contributed by atoms with Crippen LogP contribution in [0.3, 0.4) is 0 Å². The maximum Gasteiger partial charge on any atom is 0.243 e. The van der Waals surface area contributed by atoms with Gasteiger partial charge in [-0.2, -0.15) is 10.4 Å². The molecule has 0 aliphatic heterocycles. The van der Waals surface area contributed by atoms with Crippen molar-refractivity contribution in [1.82, 2.24) is 14.9 Å². The summed E-state index contributed by atoms with van der Waals surface area (Å²) in [5.41, 5.74) is 0. The molecular formula is C7H10N4O2S. The van der Waals surface area contributed by atoms with Crippen LogP contribution in [-0.4, -0.2) is 25.2 Å². The van der Waals surface area contributed by atoms with E-state index in [0.717, 1.165) is 0 Å². The first-order valence-corrected chi connectivity index (χ1v) is 5.50. The van der Waals surface area contributed by atoms with Crippen molar-refractivity contribution in [2.45, 2.75) is 17.7 Å². The van der Waals surface area contributed by atoms with Gasteiger partial charge in [-0.15, -0.1) is 0 Å². The third kappa shape index (κ3) is 2.83. The van der Waals surface area contributed by atoms with E-state index in [0.29, 0.717) is 12.8 Å². The quantitative estimate of drug-likeness (QED) is 0.673. The molecule has 7 heteroatoms. The molecule has 0 atom stereocenters. The van der Waals surface area contributed by atoms with Gasteiger partial charge in [-0.05, 0) is 6.42 Å². The highest BCUT2D eigenvalue weighted by molar-refractivity contribution is 7.89. The van der Waals surface area contributed by atoms with E-state index in [-0.39, 0.29) is 11.4 Å². The molecule has 1 heterocycles. The molecular weight excluding hydrogens is 204 g/mol. The Kier molecular flexibility index (Phi) is 3.62. The van der Waals surface area contributed by atoms with Crippen LogP contribution in [0.25, 0.3) is 0 Å². The Bertz CT molecular complexity index is 403. The zero-order valence-electron chi connectivity index (χ0n) is 7.40. The summed E-state index contributed by atoms with van der Waals surface area (Å²) in [4.78, 5) is 0.106. The number of H-pyrrole nitrogens is 1. The van der Waals surface area contributed by atoms with Gasteiger partial charge in [0.25, 0.3) is 0 Å². The van der Waals surface area contributed by atoms with Gasteiger partial charge in [0.05, 0.1) is 12.3 Å². The molecule has 0 saturated heterocycles. The van der Waals surface area contributed by atoms with E-state index in [4.69, 9.17) is 5.26 Å². The second-order valence-corrected chi connectivity index (χ2v) is 4.36. The maximum absolute atomic E-state index is 11.4. The summed E-state index contributed by atoms with van der Waals surface area (Å²) in [7, 11) is -3.45. The average Bonchev–Trinajstić information content (AvgIpc) is 2.65. The Hall–Kier alpha value is -1.39. The van der Waals surface area contributed by atoms with Crippen molar-refractivity contribution in [2.75, 3.05) is 6.54 Å². The van der Waals surface area contributed by atoms with Crippen LogP contribution in [0.15, 0.2) is 17.3 Å². The van der Waals surface area contributed by atoms with Crippen LogP contribution in [0.5, 0.6) is 0 Å². The number of hydrogen-bond donors (Lipinski definition) is 2. The topological polar surface area (TPSA) is 98.6 Å². The minimum Gasteiger partial charge on any atom is -0.284 e. The van der Waals surface area contributed by atoms with Crippen molar-refractivity contribution in [1.29, 1.82) is 5.26 Å². The fraction of sp³-hybridized carbons (Fsp3) is 0.429. The second-order valence-electron chi connectivity index (χ2n) is 2.59. The Morgan fingerprint density at radius 3 is 3.00 bits per heavy atom. The number of unbranched alkanes of at least 4 members (excludes halogenated alkanes) is 1. The first-order chi connectivity index (χ1) is 6.67. The molecule has 0 aliphatic rings. The second kappa shape index (κ2) is 4.74. The van der Waals surface area contributed by atoms with Gasteiger partial charge in [-0.3, -0.25) is 5.10 Å². The number of hydrogen-bond acceptors (Lipinski definition) is 4. The summed E-state index contributed by atoms with van der Waals surface area (Å²) < 4.78 is 25.2. The molecule has 1 aromatic rings. The van der Waals surface area contributed by atoms with E-state index in [2.05, 4.69) is 14.9 Å². The lowest BCUT2D eigenvalue weighted by Crippen LogP contribution is -2.24. The SMILES string of the molecule is N#CCCCNS(=O)(=O)c1cn[nH]c1. The van der Waals surface area contributed by atoms with Gasteiger partial charge < -0.3 is 0 Å². The predicted octanol–water partition coefficient (Wildman–Crippen LogP) is -0.00822. The van der Waals surface area contributed by atoms with Gasteiger partial charge >= 0.3 is 0 Å². The molecule has 0 fully saturated rings. The summed E-state index contributed by atoms with van der Waals surface area (Å²) in [5.74, 6) is 0. The number of nitriles is 1. The smallest absolute Gasteiger partial charge is 0.243 e. The predicted molar refractivity (Wildman–Crippen MR) is 48.6 cm³/mol. The van der Waals surface area contributed by atoms with E-state index in [1.807, 2.05) is 6.07 Å². The van der Waals surface area contributed by atoms with E-state index in [1.54, 1.807) is 0 Å². The van der Waals surface area contributed by atoms with E-state index < -0.39 is 10.0 Å². The number of sulfonamides is 1. The van der Waals surface area contributed by atoms with Gasteiger partial charge in [0.1, 0.15) is 4.90 Å². The molecule has 0 aromatic carbocycles. The first kappa shape index (κ1) is 10.7. The number of aromatic amines is 1. The van der Waals surface area contributed by atoms with Crippen LogP contribution in [0.1, 0.15) is 12.8 Å². The fourth-order valence-electron chi connectivity index (χ4n) is 0.843. The Morgan fingerprint density at radius 1 is 1.64 bits per heavy atom. The van der Waals surface area contributed by atoms with Gasteiger partial charge in [-0.25, -0.2) is 13.1 Å². The molecule has 0 radical (unpaired) electrons. The van der Waals surface area contributed by atoms with Crippen LogP contribution < -0.4 is 4.72 Å². The molecule has 2 N–H and O–H groups in total. The number of aromatic nitrogens is 2. The molecule has 0 aliphatic carbocycles. The van der Waals surface area contributed by atoms with Gasteiger partial charge in [0, 0.05) is 19.2 Å². The monoisotopic (exact) mass is 214 g/mol. The van der Waals surface area contributed by atoms with Gasteiger partial charge in [0.15, 0.2) is 0 Å². The highest BCUT2D eigenvalue weighted by Crippen LogP contribution is 2.03. The summed E-state index contributed by atoms with van der Waals surface area (Å²) in [6.07, 6.45) is 3.38. The zero-order chi connectivity index (χ0) is 10.4. The molecule has 0 unspecified atom stereocenters. The molecule has 0 bridgehead atoms. The third-order valence-corrected chi connectivity index (χ3v) is 2.97. The highest BCUT2D eigenvalue weighted by atomic mass is 32.2. The molecule has 14 heavy (non-hydrogen) atoms. The fourth-order valence-corrected chi connectivity index (χ4v) is 1.82. The van der Waals surface area contributed by atoms with E-state index in [9.17, 15) is 8.42 Å². The average molecular weight is 214 g/mol. The zero-order valence-corrected chi connectivity index (χ0v) is 8.21. The lowest BCUT2D eigenvalue weighted by atomic mass is 10.3. The number of rotatable bonds is 5. The first-order valence-electron chi connectivity index (χ1n) is 4.02. The maximum atomic E-state index is 11.4. The molecule has 1 rings (SSSR count). The van der Waals surface area contributed by atoms with Gasteiger partial charge in [-0.1, -0.05) is 0 Å². The molecule has 0 spiro atoms. The van der Waals surface area contributed by atoms with Crippen molar-refractivity contribution in [2.24, 2.45) is 0 Å². The third-order valence-electron chi connectivity index (χ3n) is 1.54. The largest absolute Gasteiger partial charge is 0.284 e. The van der Waals surface area contributed by atoms with Crippen LogP contribution in [0.2, 0.25) is 0 Å². The van der Waals surface area contributed by atoms with Crippen molar-refractivity contribution >= 4 is 10.0 Å². The Labute approximate surface area is 82.0 Å². The van der Waals surface area contributed by atoms with Crippen LogP contribution in [0.4, 0.5) is 0 Å². The highest BCUT2D eigenvalue weighted by Gasteiger charge is 2.13. The van der Waals surface area contributed by atoms with Gasteiger partial charge in [0.2, 0.25) is 10.0 Å². The summed E-state index contributed by atoms with van der Waals surface area (Å²) in [6.45, 7) is 0.265. The Morgan fingerprint density at radius 2 is 2.43 bits per heavy atom. The van der Waals surface area contributed by atoms with Crippen molar-refractivity contribution in [3.8, 4) is 6.07 Å². The molecule has 0 saturated carbocycles. The minimum absolute atomic E-state index is 0.106. The summed E-state index contributed by atoms with van der Waals surface area (Å²) in [6, 6.07) is 1.94. The van der Waals surface area contributed by atoms with Crippen molar-refractivity contribution < 1.29 is 8.42 Å². The van der Waals surface area contributed by atoms with E-state index >= 15 is 0 Å². The minimum atomic E-state index is -3.45. The van der Waals surface area contributed by atoms with E-state index in [1.165, 1.54) is 12.4 Å². The lowest BCUT2D eigenvalue weighted by Gasteiger charge is -2.01. The summed E-state index contributed by atoms with van der Waals surface area (Å²) in [5, 5.41) is 14.2. The van der Waals surface area contributed by atoms with Crippen LogP contribution in [0, 0.1) is 11.3 Å².